The summed E-state index contributed by atoms with van der Waals surface area (Å²) in [7, 11) is 5.04. The molecule has 1 aromatic rings. The average molecular weight is 254 g/mol. The number of nitrogens with one attached hydrogen (secondary N) is 1. The molecule has 1 atom stereocenters. The van der Waals surface area contributed by atoms with Crippen molar-refractivity contribution in [2.45, 2.75) is 19.6 Å². The van der Waals surface area contributed by atoms with E-state index in [-0.39, 0.29) is 11.7 Å². The number of hydrogen-bond donors (Lipinski definition) is 1. The van der Waals surface area contributed by atoms with Crippen molar-refractivity contribution in [1.82, 2.24) is 10.2 Å². The quantitative estimate of drug-likeness (QED) is 0.863. The standard InChI is InChI=1S/C13H19FN2O2/c1-9(13(17)16(3)4)18-12-10(8-15-2)6-5-7-11(12)14/h5-7,9,15H,8H2,1-4H3. The minimum Gasteiger partial charge on any atom is -0.477 e. The van der Waals surface area contributed by atoms with Crippen LogP contribution < -0.4 is 10.1 Å². The van der Waals surface area contributed by atoms with Crippen LogP contribution in [0.25, 0.3) is 0 Å². The predicted molar refractivity (Wildman–Crippen MR) is 67.9 cm³/mol. The van der Waals surface area contributed by atoms with Crippen LogP contribution in [-0.4, -0.2) is 38.1 Å². The molecule has 100 valence electrons. The van der Waals surface area contributed by atoms with Crippen molar-refractivity contribution in [3.05, 3.63) is 29.6 Å². The highest BCUT2D eigenvalue weighted by molar-refractivity contribution is 5.80. The fraction of sp³-hybridized carbons (Fsp3) is 0.462. The number of halogens is 1. The summed E-state index contributed by atoms with van der Waals surface area (Å²) in [6.07, 6.45) is -0.715. The van der Waals surface area contributed by atoms with Crippen LogP contribution in [0.1, 0.15) is 12.5 Å². The summed E-state index contributed by atoms with van der Waals surface area (Å²) >= 11 is 0. The molecule has 0 aliphatic rings. The van der Waals surface area contributed by atoms with Crippen LogP contribution in [0.4, 0.5) is 4.39 Å². The highest BCUT2D eigenvalue weighted by Gasteiger charge is 2.20. The molecule has 0 bridgehead atoms. The van der Waals surface area contributed by atoms with Crippen LogP contribution >= 0.6 is 0 Å². The molecule has 0 aliphatic heterocycles. The zero-order chi connectivity index (χ0) is 13.7. The van der Waals surface area contributed by atoms with E-state index in [4.69, 9.17) is 4.74 Å². The second-order valence-corrected chi connectivity index (χ2v) is 4.25. The molecule has 18 heavy (non-hydrogen) atoms. The average Bonchev–Trinajstić information content (AvgIpc) is 2.32. The Kier molecular flexibility index (Phi) is 5.09. The maximum atomic E-state index is 13.7. The third-order valence-corrected chi connectivity index (χ3v) is 2.50. The van der Waals surface area contributed by atoms with Crippen LogP contribution in [0.5, 0.6) is 5.75 Å². The molecule has 0 aromatic heterocycles. The van der Waals surface area contributed by atoms with E-state index in [0.29, 0.717) is 12.1 Å². The van der Waals surface area contributed by atoms with Crippen molar-refractivity contribution >= 4 is 5.91 Å². The molecular weight excluding hydrogens is 235 g/mol. The Bertz CT molecular complexity index is 421. The van der Waals surface area contributed by atoms with E-state index in [1.165, 1.54) is 11.0 Å². The van der Waals surface area contributed by atoms with Gasteiger partial charge in [-0.05, 0) is 20.0 Å². The number of hydrogen-bond acceptors (Lipinski definition) is 3. The van der Waals surface area contributed by atoms with Gasteiger partial charge in [-0.2, -0.15) is 0 Å². The number of carbonyl (C=O) groups is 1. The molecule has 1 N–H and O–H groups in total. The summed E-state index contributed by atoms with van der Waals surface area (Å²) in [5.41, 5.74) is 0.691. The Balaban J connectivity index is 2.92. The van der Waals surface area contributed by atoms with Gasteiger partial charge in [0.05, 0.1) is 0 Å². The lowest BCUT2D eigenvalue weighted by Crippen LogP contribution is -2.35. The second kappa shape index (κ2) is 6.35. The number of likely N-dealkylation sites (N-methyl/N-ethyl adjacent to an activating group) is 1. The Labute approximate surface area is 107 Å². The van der Waals surface area contributed by atoms with Gasteiger partial charge in [0.2, 0.25) is 0 Å². The largest absolute Gasteiger partial charge is 0.477 e. The van der Waals surface area contributed by atoms with Crippen molar-refractivity contribution in [3.63, 3.8) is 0 Å². The molecule has 0 saturated heterocycles. The Morgan fingerprint density at radius 3 is 2.72 bits per heavy atom. The van der Waals surface area contributed by atoms with Gasteiger partial charge in [-0.3, -0.25) is 4.79 Å². The molecule has 5 heteroatoms. The number of ether oxygens (including phenoxy) is 1. The van der Waals surface area contributed by atoms with Crippen LogP contribution in [0.3, 0.4) is 0 Å². The highest BCUT2D eigenvalue weighted by atomic mass is 19.1. The molecule has 0 spiro atoms. The second-order valence-electron chi connectivity index (χ2n) is 4.25. The fourth-order valence-corrected chi connectivity index (χ4v) is 1.61. The molecule has 1 unspecified atom stereocenters. The van der Waals surface area contributed by atoms with Gasteiger partial charge in [0, 0.05) is 26.2 Å². The van der Waals surface area contributed by atoms with E-state index in [0.717, 1.165) is 0 Å². The van der Waals surface area contributed by atoms with E-state index in [9.17, 15) is 9.18 Å². The normalized spacial score (nSPS) is 12.1. The molecule has 1 aromatic carbocycles. The summed E-state index contributed by atoms with van der Waals surface area (Å²) < 4.78 is 19.2. The molecule has 0 aliphatic carbocycles. The first-order chi connectivity index (χ1) is 8.47. The van der Waals surface area contributed by atoms with E-state index < -0.39 is 11.9 Å². The number of para-hydroxylation sites is 1. The van der Waals surface area contributed by atoms with Gasteiger partial charge < -0.3 is 15.0 Å². The van der Waals surface area contributed by atoms with Crippen molar-refractivity contribution in [2.75, 3.05) is 21.1 Å². The lowest BCUT2D eigenvalue weighted by Gasteiger charge is -2.20. The smallest absolute Gasteiger partial charge is 0.262 e. The van der Waals surface area contributed by atoms with Gasteiger partial charge in [0.1, 0.15) is 0 Å². The summed E-state index contributed by atoms with van der Waals surface area (Å²) in [6, 6.07) is 4.70. The first-order valence-electron chi connectivity index (χ1n) is 5.77. The molecular formula is C13H19FN2O2. The van der Waals surface area contributed by atoms with Gasteiger partial charge in [-0.25, -0.2) is 4.39 Å². The van der Waals surface area contributed by atoms with Crippen molar-refractivity contribution in [1.29, 1.82) is 0 Å². The topological polar surface area (TPSA) is 41.6 Å². The SMILES string of the molecule is CNCc1cccc(F)c1OC(C)C(=O)N(C)C. The number of carbonyl (C=O) groups excluding carboxylic acids is 1. The fourth-order valence-electron chi connectivity index (χ4n) is 1.61. The van der Waals surface area contributed by atoms with Crippen molar-refractivity contribution in [3.8, 4) is 5.75 Å². The third kappa shape index (κ3) is 3.43. The highest BCUT2D eigenvalue weighted by Crippen LogP contribution is 2.24. The van der Waals surface area contributed by atoms with Gasteiger partial charge >= 0.3 is 0 Å². The summed E-state index contributed by atoms with van der Waals surface area (Å²) in [4.78, 5) is 13.1. The molecule has 1 amide bonds. The molecule has 0 saturated carbocycles. The van der Waals surface area contributed by atoms with Gasteiger partial charge in [-0.1, -0.05) is 12.1 Å². The van der Waals surface area contributed by atoms with E-state index in [2.05, 4.69) is 5.32 Å². The van der Waals surface area contributed by atoms with Gasteiger partial charge in [0.25, 0.3) is 5.91 Å². The maximum absolute atomic E-state index is 13.7. The lowest BCUT2D eigenvalue weighted by atomic mass is 10.2. The number of rotatable bonds is 5. The first-order valence-corrected chi connectivity index (χ1v) is 5.77. The van der Waals surface area contributed by atoms with Crippen LogP contribution in [0.15, 0.2) is 18.2 Å². The molecule has 0 heterocycles. The summed E-state index contributed by atoms with van der Waals surface area (Å²) in [6.45, 7) is 2.09. The van der Waals surface area contributed by atoms with Crippen LogP contribution in [-0.2, 0) is 11.3 Å². The molecule has 0 radical (unpaired) electrons. The lowest BCUT2D eigenvalue weighted by molar-refractivity contribution is -0.135. The van der Waals surface area contributed by atoms with E-state index >= 15 is 0 Å². The molecule has 0 fully saturated rings. The van der Waals surface area contributed by atoms with E-state index in [1.54, 1.807) is 40.2 Å². The van der Waals surface area contributed by atoms with Crippen molar-refractivity contribution < 1.29 is 13.9 Å². The molecule has 4 nitrogen and oxygen atoms in total. The Morgan fingerprint density at radius 2 is 2.17 bits per heavy atom. The third-order valence-electron chi connectivity index (χ3n) is 2.50. The Hall–Kier alpha value is -1.62. The Morgan fingerprint density at radius 1 is 1.50 bits per heavy atom. The van der Waals surface area contributed by atoms with Gasteiger partial charge in [0.15, 0.2) is 17.7 Å². The number of nitrogens with zero attached hydrogens (tertiary/aromatic N) is 1. The predicted octanol–water partition coefficient (Wildman–Crippen LogP) is 1.40. The number of benzene rings is 1. The zero-order valence-electron chi connectivity index (χ0n) is 11.2. The number of amides is 1. The summed E-state index contributed by atoms with van der Waals surface area (Å²) in [5.74, 6) is -0.524. The van der Waals surface area contributed by atoms with E-state index in [1.807, 2.05) is 0 Å². The minimum atomic E-state index is -0.715. The summed E-state index contributed by atoms with van der Waals surface area (Å²) in [5, 5.41) is 2.93. The molecule has 1 rings (SSSR count). The van der Waals surface area contributed by atoms with Crippen molar-refractivity contribution in [2.24, 2.45) is 0 Å². The monoisotopic (exact) mass is 254 g/mol. The van der Waals surface area contributed by atoms with Gasteiger partial charge in [-0.15, -0.1) is 0 Å². The zero-order valence-corrected chi connectivity index (χ0v) is 11.2. The minimum absolute atomic E-state index is 0.134. The maximum Gasteiger partial charge on any atom is 0.262 e. The first kappa shape index (κ1) is 14.4. The van der Waals surface area contributed by atoms with Crippen LogP contribution in [0, 0.1) is 5.82 Å². The van der Waals surface area contributed by atoms with Crippen LogP contribution in [0.2, 0.25) is 0 Å².